The third kappa shape index (κ3) is 2.59. The predicted molar refractivity (Wildman–Crippen MR) is 61.1 cm³/mol. The minimum Gasteiger partial charge on any atom is -0.383 e. The minimum absolute atomic E-state index is 0.381. The van der Waals surface area contributed by atoms with Crippen LogP contribution in [0.2, 0.25) is 0 Å². The van der Waals surface area contributed by atoms with Crippen LogP contribution >= 0.6 is 0 Å². The normalized spacial score (nSPS) is 25.9. The van der Waals surface area contributed by atoms with Crippen molar-refractivity contribution in [3.8, 4) is 0 Å². The standard InChI is InChI=1S/C11H20N4O/c1-16-7-6-15-8-13-14-11(15)9-2-4-10(12)5-3-9/h8-10H,2-7,12H2,1H3/t9-,10-. The topological polar surface area (TPSA) is 66.0 Å². The van der Waals surface area contributed by atoms with Gasteiger partial charge in [-0.25, -0.2) is 0 Å². The van der Waals surface area contributed by atoms with Gasteiger partial charge in [-0.1, -0.05) is 0 Å². The van der Waals surface area contributed by atoms with Gasteiger partial charge in [0.15, 0.2) is 0 Å². The highest BCUT2D eigenvalue weighted by molar-refractivity contribution is 4.99. The van der Waals surface area contributed by atoms with Gasteiger partial charge in [0.1, 0.15) is 12.2 Å². The molecule has 5 nitrogen and oxygen atoms in total. The van der Waals surface area contributed by atoms with Crippen LogP contribution in [0.5, 0.6) is 0 Å². The molecule has 5 heteroatoms. The number of ether oxygens (including phenoxy) is 1. The third-order valence-electron chi connectivity index (χ3n) is 3.32. The molecule has 1 aliphatic carbocycles. The summed E-state index contributed by atoms with van der Waals surface area (Å²) < 4.78 is 7.18. The summed E-state index contributed by atoms with van der Waals surface area (Å²) in [4.78, 5) is 0. The lowest BCUT2D eigenvalue weighted by Gasteiger charge is -2.25. The van der Waals surface area contributed by atoms with Gasteiger partial charge in [0.2, 0.25) is 0 Å². The van der Waals surface area contributed by atoms with Crippen molar-refractivity contribution in [1.29, 1.82) is 0 Å². The molecule has 1 heterocycles. The van der Waals surface area contributed by atoms with Crippen molar-refractivity contribution in [2.75, 3.05) is 13.7 Å². The fourth-order valence-electron chi connectivity index (χ4n) is 2.32. The smallest absolute Gasteiger partial charge is 0.135 e. The van der Waals surface area contributed by atoms with E-state index in [2.05, 4.69) is 14.8 Å². The van der Waals surface area contributed by atoms with Crippen molar-refractivity contribution in [1.82, 2.24) is 14.8 Å². The number of aromatic nitrogens is 3. The molecule has 0 spiro atoms. The van der Waals surface area contributed by atoms with Crippen molar-refractivity contribution in [3.05, 3.63) is 12.2 Å². The quantitative estimate of drug-likeness (QED) is 0.825. The number of hydrogen-bond donors (Lipinski definition) is 1. The molecule has 1 saturated carbocycles. The number of methoxy groups -OCH3 is 1. The summed E-state index contributed by atoms with van der Waals surface area (Å²) in [5.41, 5.74) is 5.91. The lowest BCUT2D eigenvalue weighted by molar-refractivity contribution is 0.185. The zero-order valence-corrected chi connectivity index (χ0v) is 9.80. The van der Waals surface area contributed by atoms with Gasteiger partial charge in [-0.05, 0) is 25.7 Å². The third-order valence-corrected chi connectivity index (χ3v) is 3.32. The average Bonchev–Trinajstić information content (AvgIpc) is 2.75. The Morgan fingerprint density at radius 2 is 2.19 bits per heavy atom. The summed E-state index contributed by atoms with van der Waals surface area (Å²) in [5, 5.41) is 8.23. The highest BCUT2D eigenvalue weighted by Gasteiger charge is 2.23. The van der Waals surface area contributed by atoms with E-state index in [1.165, 1.54) is 0 Å². The fraction of sp³-hybridized carbons (Fsp3) is 0.818. The molecule has 1 aliphatic rings. The first-order chi connectivity index (χ1) is 7.81. The molecule has 0 aliphatic heterocycles. The largest absolute Gasteiger partial charge is 0.383 e. The Labute approximate surface area is 96.0 Å². The van der Waals surface area contributed by atoms with E-state index in [-0.39, 0.29) is 0 Å². The van der Waals surface area contributed by atoms with Crippen LogP contribution in [-0.2, 0) is 11.3 Å². The summed E-state index contributed by atoms with van der Waals surface area (Å²) >= 11 is 0. The average molecular weight is 224 g/mol. The fourth-order valence-corrected chi connectivity index (χ4v) is 2.32. The number of rotatable bonds is 4. The number of hydrogen-bond acceptors (Lipinski definition) is 4. The Balaban J connectivity index is 1.99. The van der Waals surface area contributed by atoms with Gasteiger partial charge in [-0.15, -0.1) is 10.2 Å². The van der Waals surface area contributed by atoms with E-state index in [4.69, 9.17) is 10.5 Å². The summed E-state index contributed by atoms with van der Waals surface area (Å²) in [6, 6.07) is 0.381. The molecule has 1 aromatic heterocycles. The molecule has 0 unspecified atom stereocenters. The molecular weight excluding hydrogens is 204 g/mol. The Hall–Kier alpha value is -0.940. The second-order valence-corrected chi connectivity index (χ2v) is 4.49. The van der Waals surface area contributed by atoms with Crippen LogP contribution in [0, 0.1) is 0 Å². The second-order valence-electron chi connectivity index (χ2n) is 4.49. The molecule has 1 fully saturated rings. The van der Waals surface area contributed by atoms with Gasteiger partial charge < -0.3 is 15.0 Å². The molecule has 0 aromatic carbocycles. The Morgan fingerprint density at radius 3 is 2.88 bits per heavy atom. The SMILES string of the molecule is COCCn1cnnc1[C@H]1CC[C@H](N)CC1. The van der Waals surface area contributed by atoms with Gasteiger partial charge >= 0.3 is 0 Å². The number of nitrogens with zero attached hydrogens (tertiary/aromatic N) is 3. The molecule has 0 saturated heterocycles. The Kier molecular flexibility index (Phi) is 3.90. The first-order valence-corrected chi connectivity index (χ1v) is 5.93. The summed E-state index contributed by atoms with van der Waals surface area (Å²) in [6.45, 7) is 1.54. The zero-order valence-electron chi connectivity index (χ0n) is 9.80. The van der Waals surface area contributed by atoms with Crippen LogP contribution in [0.1, 0.15) is 37.4 Å². The van der Waals surface area contributed by atoms with E-state index in [9.17, 15) is 0 Å². The molecular formula is C11H20N4O. The molecule has 1 aromatic rings. The summed E-state index contributed by atoms with van der Waals surface area (Å²) in [7, 11) is 1.71. The first kappa shape index (κ1) is 11.5. The highest BCUT2D eigenvalue weighted by atomic mass is 16.5. The monoisotopic (exact) mass is 224 g/mol. The maximum absolute atomic E-state index is 5.91. The van der Waals surface area contributed by atoms with Crippen LogP contribution in [0.4, 0.5) is 0 Å². The Morgan fingerprint density at radius 1 is 1.44 bits per heavy atom. The lowest BCUT2D eigenvalue weighted by atomic mass is 9.86. The van der Waals surface area contributed by atoms with E-state index in [0.717, 1.165) is 38.1 Å². The van der Waals surface area contributed by atoms with Crippen molar-refractivity contribution in [2.24, 2.45) is 5.73 Å². The molecule has 0 amide bonds. The maximum atomic E-state index is 5.91. The van der Waals surface area contributed by atoms with E-state index in [0.29, 0.717) is 18.6 Å². The van der Waals surface area contributed by atoms with Gasteiger partial charge in [0.05, 0.1) is 6.61 Å². The molecule has 2 rings (SSSR count). The molecule has 90 valence electrons. The molecule has 2 N–H and O–H groups in total. The van der Waals surface area contributed by atoms with Crippen LogP contribution < -0.4 is 5.73 Å². The van der Waals surface area contributed by atoms with Crippen LogP contribution in [0.25, 0.3) is 0 Å². The predicted octanol–water partition coefficient (Wildman–Crippen LogP) is 0.909. The first-order valence-electron chi connectivity index (χ1n) is 5.93. The highest BCUT2D eigenvalue weighted by Crippen LogP contribution is 2.30. The number of nitrogens with two attached hydrogens (primary N) is 1. The van der Waals surface area contributed by atoms with Crippen molar-refractivity contribution >= 4 is 0 Å². The van der Waals surface area contributed by atoms with Crippen molar-refractivity contribution in [3.63, 3.8) is 0 Å². The van der Waals surface area contributed by atoms with Crippen LogP contribution in [-0.4, -0.2) is 34.5 Å². The van der Waals surface area contributed by atoms with Crippen LogP contribution in [0.15, 0.2) is 6.33 Å². The zero-order chi connectivity index (χ0) is 11.4. The maximum Gasteiger partial charge on any atom is 0.135 e. The van der Waals surface area contributed by atoms with Crippen molar-refractivity contribution in [2.45, 2.75) is 44.2 Å². The van der Waals surface area contributed by atoms with Gasteiger partial charge in [0, 0.05) is 25.6 Å². The molecule has 0 atom stereocenters. The van der Waals surface area contributed by atoms with E-state index < -0.39 is 0 Å². The second kappa shape index (κ2) is 5.41. The lowest BCUT2D eigenvalue weighted by Crippen LogP contribution is -2.27. The molecule has 16 heavy (non-hydrogen) atoms. The molecule has 0 bridgehead atoms. The van der Waals surface area contributed by atoms with Gasteiger partial charge in [-0.2, -0.15) is 0 Å². The van der Waals surface area contributed by atoms with E-state index >= 15 is 0 Å². The van der Waals surface area contributed by atoms with Gasteiger partial charge in [0.25, 0.3) is 0 Å². The van der Waals surface area contributed by atoms with Crippen LogP contribution in [0.3, 0.4) is 0 Å². The van der Waals surface area contributed by atoms with E-state index in [1.807, 2.05) is 0 Å². The summed E-state index contributed by atoms with van der Waals surface area (Å²) in [5.74, 6) is 1.63. The Bertz CT molecular complexity index is 318. The summed E-state index contributed by atoms with van der Waals surface area (Å²) in [6.07, 6.45) is 6.26. The molecule has 0 radical (unpaired) electrons. The van der Waals surface area contributed by atoms with Gasteiger partial charge in [-0.3, -0.25) is 0 Å². The van der Waals surface area contributed by atoms with E-state index in [1.54, 1.807) is 13.4 Å². The minimum atomic E-state index is 0.381. The van der Waals surface area contributed by atoms with Crippen molar-refractivity contribution < 1.29 is 4.74 Å².